The molecular formula is C20H12Cl3N5O3. The summed E-state index contributed by atoms with van der Waals surface area (Å²) in [5.41, 5.74) is 0.600. The highest BCUT2D eigenvalue weighted by Gasteiger charge is 2.17. The number of pyridine rings is 2. The van der Waals surface area contributed by atoms with Crippen LogP contribution in [0.25, 0.3) is 10.9 Å². The van der Waals surface area contributed by atoms with Crippen molar-refractivity contribution in [3.05, 3.63) is 85.9 Å². The third kappa shape index (κ3) is 4.18. The Labute approximate surface area is 190 Å². The van der Waals surface area contributed by atoms with Gasteiger partial charge in [0.1, 0.15) is 5.69 Å². The maximum Gasteiger partial charge on any atom is 0.274 e. The predicted octanol–water partition coefficient (Wildman–Crippen LogP) is 4.15. The molecule has 11 heteroatoms. The maximum atomic E-state index is 13.1. The van der Waals surface area contributed by atoms with Crippen molar-refractivity contribution in [1.29, 1.82) is 0 Å². The molecule has 0 saturated heterocycles. The first kappa shape index (κ1) is 21.0. The number of amides is 1. The minimum absolute atomic E-state index is 0.106. The minimum atomic E-state index is -0.668. The fraction of sp³-hybridized carbons (Fsp3) is 0.0500. The second kappa shape index (κ2) is 8.50. The number of nitrogens with one attached hydrogen (secondary N) is 1. The van der Waals surface area contributed by atoms with Gasteiger partial charge in [0, 0.05) is 6.20 Å². The average Bonchev–Trinajstić information content (AvgIpc) is 2.75. The number of carbonyl (C=O) groups excluding carboxylic acids is 1. The van der Waals surface area contributed by atoms with Gasteiger partial charge in [0.15, 0.2) is 10.9 Å². The van der Waals surface area contributed by atoms with Gasteiger partial charge in [-0.2, -0.15) is 0 Å². The molecule has 0 radical (unpaired) electrons. The molecule has 31 heavy (non-hydrogen) atoms. The van der Waals surface area contributed by atoms with Gasteiger partial charge in [-0.05, 0) is 30.3 Å². The monoisotopic (exact) mass is 475 g/mol. The van der Waals surface area contributed by atoms with Crippen molar-refractivity contribution >= 4 is 57.3 Å². The molecule has 0 aliphatic rings. The van der Waals surface area contributed by atoms with Gasteiger partial charge in [-0.25, -0.2) is 9.97 Å². The number of aromatic nitrogens is 4. The summed E-state index contributed by atoms with van der Waals surface area (Å²) in [6.07, 6.45) is 2.97. The molecule has 3 heterocycles. The molecule has 0 aliphatic carbocycles. The van der Waals surface area contributed by atoms with Crippen LogP contribution >= 0.6 is 34.8 Å². The van der Waals surface area contributed by atoms with E-state index < -0.39 is 17.2 Å². The van der Waals surface area contributed by atoms with Gasteiger partial charge >= 0.3 is 0 Å². The Balaban J connectivity index is 1.74. The van der Waals surface area contributed by atoms with Crippen molar-refractivity contribution in [3.8, 4) is 5.75 Å². The van der Waals surface area contributed by atoms with Crippen LogP contribution in [0, 0.1) is 0 Å². The first-order valence-electron chi connectivity index (χ1n) is 8.79. The lowest BCUT2D eigenvalue weighted by Crippen LogP contribution is -2.23. The molecule has 1 amide bonds. The van der Waals surface area contributed by atoms with E-state index in [-0.39, 0.29) is 33.5 Å². The fourth-order valence-electron chi connectivity index (χ4n) is 2.89. The minimum Gasteiger partial charge on any atom is -0.504 e. The van der Waals surface area contributed by atoms with E-state index in [0.717, 1.165) is 0 Å². The van der Waals surface area contributed by atoms with Gasteiger partial charge < -0.3 is 10.4 Å². The van der Waals surface area contributed by atoms with Crippen LogP contribution in [-0.4, -0.2) is 30.5 Å². The molecule has 0 atom stereocenters. The molecule has 0 aliphatic heterocycles. The number of aromatic hydroxyl groups is 1. The van der Waals surface area contributed by atoms with E-state index in [0.29, 0.717) is 16.2 Å². The Kier molecular flexibility index (Phi) is 5.77. The van der Waals surface area contributed by atoms with Crippen LogP contribution in [0.15, 0.2) is 53.7 Å². The van der Waals surface area contributed by atoms with Crippen molar-refractivity contribution < 1.29 is 9.90 Å². The molecule has 0 bridgehead atoms. The molecule has 8 nitrogen and oxygen atoms in total. The van der Waals surface area contributed by atoms with Crippen LogP contribution in [0.3, 0.4) is 0 Å². The summed E-state index contributed by atoms with van der Waals surface area (Å²) in [6, 6.07) is 9.40. The summed E-state index contributed by atoms with van der Waals surface area (Å²) >= 11 is 17.8. The number of halogens is 3. The SMILES string of the molecule is O=C(Nc1cccc2ncn(Cc3ncccc3Cl)c(=O)c12)c1cc(Cl)c(O)c(Cl)n1. The first-order chi connectivity index (χ1) is 14.8. The van der Waals surface area contributed by atoms with Gasteiger partial charge in [0.25, 0.3) is 11.5 Å². The lowest BCUT2D eigenvalue weighted by molar-refractivity contribution is 0.102. The zero-order valence-electron chi connectivity index (χ0n) is 15.5. The average molecular weight is 477 g/mol. The predicted molar refractivity (Wildman–Crippen MR) is 118 cm³/mol. The van der Waals surface area contributed by atoms with Gasteiger partial charge in [0.05, 0.1) is 45.2 Å². The smallest absolute Gasteiger partial charge is 0.274 e. The number of anilines is 1. The zero-order chi connectivity index (χ0) is 22.1. The number of nitrogens with zero attached hydrogens (tertiary/aromatic N) is 4. The van der Waals surface area contributed by atoms with Crippen LogP contribution in [0.4, 0.5) is 5.69 Å². The number of rotatable bonds is 4. The van der Waals surface area contributed by atoms with E-state index in [1.165, 1.54) is 17.0 Å². The molecule has 4 aromatic rings. The summed E-state index contributed by atoms with van der Waals surface area (Å²) in [7, 11) is 0. The zero-order valence-corrected chi connectivity index (χ0v) is 17.8. The lowest BCUT2D eigenvalue weighted by atomic mass is 10.2. The number of hydrogen-bond donors (Lipinski definition) is 2. The van der Waals surface area contributed by atoms with E-state index in [1.807, 2.05) is 0 Å². The molecule has 0 saturated carbocycles. The molecule has 3 aromatic heterocycles. The quantitative estimate of drug-likeness (QED) is 0.428. The summed E-state index contributed by atoms with van der Waals surface area (Å²) in [4.78, 5) is 38.1. The standard InChI is InChI=1S/C20H12Cl3N5O3/c21-10-3-2-6-24-15(10)8-28-9-25-12-4-1-5-13(16(12)20(28)31)27-19(30)14-7-11(22)17(29)18(23)26-14/h1-7,9,29H,8H2,(H,27,30). The van der Waals surface area contributed by atoms with Crippen molar-refractivity contribution in [2.45, 2.75) is 6.54 Å². The van der Waals surface area contributed by atoms with Crippen LogP contribution < -0.4 is 10.9 Å². The van der Waals surface area contributed by atoms with E-state index >= 15 is 0 Å². The van der Waals surface area contributed by atoms with E-state index in [1.54, 1.807) is 36.5 Å². The summed E-state index contributed by atoms with van der Waals surface area (Å²) in [5.74, 6) is -1.09. The Morgan fingerprint density at radius 3 is 2.65 bits per heavy atom. The lowest BCUT2D eigenvalue weighted by Gasteiger charge is -2.11. The highest BCUT2D eigenvalue weighted by molar-refractivity contribution is 6.36. The van der Waals surface area contributed by atoms with Gasteiger partial charge in [-0.3, -0.25) is 19.1 Å². The normalized spacial score (nSPS) is 10.9. The van der Waals surface area contributed by atoms with Gasteiger partial charge in [-0.1, -0.05) is 40.9 Å². The highest BCUT2D eigenvalue weighted by atomic mass is 35.5. The topological polar surface area (TPSA) is 110 Å². The fourth-order valence-corrected chi connectivity index (χ4v) is 3.51. The van der Waals surface area contributed by atoms with Crippen molar-refractivity contribution in [2.24, 2.45) is 0 Å². The maximum absolute atomic E-state index is 13.1. The second-order valence-electron chi connectivity index (χ2n) is 6.39. The number of benzene rings is 1. The van der Waals surface area contributed by atoms with Crippen LogP contribution in [0.1, 0.15) is 16.2 Å². The molecule has 0 spiro atoms. The molecule has 2 N–H and O–H groups in total. The summed E-state index contributed by atoms with van der Waals surface area (Å²) < 4.78 is 1.35. The molecule has 0 unspecified atom stereocenters. The van der Waals surface area contributed by atoms with E-state index in [2.05, 4.69) is 20.3 Å². The first-order valence-corrected chi connectivity index (χ1v) is 9.92. The van der Waals surface area contributed by atoms with E-state index in [9.17, 15) is 14.7 Å². The Morgan fingerprint density at radius 1 is 1.10 bits per heavy atom. The van der Waals surface area contributed by atoms with Crippen LogP contribution in [0.5, 0.6) is 5.75 Å². The number of fused-ring (bicyclic) bond motifs is 1. The summed E-state index contributed by atoms with van der Waals surface area (Å²) in [6.45, 7) is 0.106. The Bertz CT molecular complexity index is 1370. The van der Waals surface area contributed by atoms with Gasteiger partial charge in [0.2, 0.25) is 0 Å². The molecule has 1 aromatic carbocycles. The third-order valence-corrected chi connectivity index (χ3v) is 5.29. The third-order valence-electron chi connectivity index (χ3n) is 4.39. The Morgan fingerprint density at radius 2 is 1.90 bits per heavy atom. The van der Waals surface area contributed by atoms with Crippen molar-refractivity contribution in [1.82, 2.24) is 19.5 Å². The molecular weight excluding hydrogens is 465 g/mol. The molecule has 4 rings (SSSR count). The number of hydrogen-bond acceptors (Lipinski definition) is 6. The number of carbonyl (C=O) groups is 1. The summed E-state index contributed by atoms with van der Waals surface area (Å²) in [5, 5.41) is 12.4. The van der Waals surface area contributed by atoms with Crippen LogP contribution in [-0.2, 0) is 6.54 Å². The molecule has 156 valence electrons. The second-order valence-corrected chi connectivity index (χ2v) is 7.56. The van der Waals surface area contributed by atoms with Crippen molar-refractivity contribution in [3.63, 3.8) is 0 Å². The van der Waals surface area contributed by atoms with E-state index in [4.69, 9.17) is 34.8 Å². The largest absolute Gasteiger partial charge is 0.504 e. The molecule has 0 fully saturated rings. The Hall–Kier alpha value is -3.20. The van der Waals surface area contributed by atoms with Gasteiger partial charge in [-0.15, -0.1) is 0 Å². The highest BCUT2D eigenvalue weighted by Crippen LogP contribution is 2.30. The van der Waals surface area contributed by atoms with Crippen molar-refractivity contribution in [2.75, 3.05) is 5.32 Å². The van der Waals surface area contributed by atoms with Crippen LogP contribution in [0.2, 0.25) is 15.2 Å².